The number of morpholine rings is 1. The summed E-state index contributed by atoms with van der Waals surface area (Å²) in [7, 11) is 0. The Morgan fingerprint density at radius 1 is 1.28 bits per heavy atom. The molecule has 1 N–H and O–H groups in total. The van der Waals surface area contributed by atoms with Crippen molar-refractivity contribution in [2.45, 2.75) is 57.6 Å². The van der Waals surface area contributed by atoms with E-state index >= 15 is 0 Å². The first kappa shape index (κ1) is 19.9. The van der Waals surface area contributed by atoms with Crippen molar-refractivity contribution in [3.8, 4) is 5.88 Å². The van der Waals surface area contributed by atoms with Crippen LogP contribution < -0.4 is 15.0 Å². The molecule has 2 aliphatic rings. The van der Waals surface area contributed by atoms with Crippen LogP contribution in [0.5, 0.6) is 5.88 Å². The van der Waals surface area contributed by atoms with E-state index in [1.54, 1.807) is 6.20 Å². The van der Waals surface area contributed by atoms with E-state index in [2.05, 4.69) is 15.2 Å². The Kier molecular flexibility index (Phi) is 6.44. The monoisotopic (exact) mass is 398 g/mol. The van der Waals surface area contributed by atoms with Crippen LogP contribution in [-0.4, -0.2) is 54.3 Å². The minimum Gasteiger partial charge on any atom is -0.474 e. The predicted octanol–water partition coefficient (Wildman–Crippen LogP) is 3.07. The molecule has 0 bridgehead atoms. The highest BCUT2D eigenvalue weighted by atomic mass is 16.5. The Hall–Kier alpha value is -2.41. The van der Waals surface area contributed by atoms with Crippen molar-refractivity contribution < 1.29 is 14.3 Å². The molecule has 2 aromatic rings. The maximum Gasteiger partial charge on any atom is 0.225 e. The molecule has 4 rings (SSSR count). The van der Waals surface area contributed by atoms with E-state index in [1.807, 2.05) is 25.1 Å². The van der Waals surface area contributed by atoms with Crippen molar-refractivity contribution in [3.05, 3.63) is 24.4 Å². The van der Waals surface area contributed by atoms with Gasteiger partial charge >= 0.3 is 0 Å². The zero-order chi connectivity index (χ0) is 20.1. The molecule has 0 aromatic carbocycles. The minimum atomic E-state index is 0.116. The number of carbonyl (C=O) groups excluding carboxylic acids is 1. The summed E-state index contributed by atoms with van der Waals surface area (Å²) in [5.41, 5.74) is 0.902. The number of carbonyl (C=O) groups is 1. The molecule has 0 radical (unpaired) electrons. The molecule has 1 saturated carbocycles. The van der Waals surface area contributed by atoms with Crippen molar-refractivity contribution in [1.29, 1.82) is 0 Å². The topological polar surface area (TPSA) is 76.6 Å². The lowest BCUT2D eigenvalue weighted by Crippen LogP contribution is -2.39. The van der Waals surface area contributed by atoms with Crippen molar-refractivity contribution in [2.24, 2.45) is 0 Å². The van der Waals surface area contributed by atoms with Gasteiger partial charge in [0.2, 0.25) is 11.8 Å². The first-order valence-electron chi connectivity index (χ1n) is 10.8. The first-order valence-corrected chi connectivity index (χ1v) is 10.8. The van der Waals surface area contributed by atoms with Gasteiger partial charge in [0.15, 0.2) is 0 Å². The fraction of sp³-hybridized carbons (Fsp3) is 0.591. The number of nitrogens with zero attached hydrogens (tertiary/aromatic N) is 3. The zero-order valence-electron chi connectivity index (χ0n) is 17.1. The predicted molar refractivity (Wildman–Crippen MR) is 112 cm³/mol. The largest absolute Gasteiger partial charge is 0.474 e. The van der Waals surface area contributed by atoms with Gasteiger partial charge in [-0.2, -0.15) is 4.98 Å². The molecule has 1 aliphatic heterocycles. The molecule has 2 fully saturated rings. The van der Waals surface area contributed by atoms with Gasteiger partial charge in [0, 0.05) is 37.8 Å². The summed E-state index contributed by atoms with van der Waals surface area (Å²) in [4.78, 5) is 23.4. The number of ether oxygens (including phenoxy) is 2. The molecule has 7 heteroatoms. The number of fused-ring (bicyclic) bond motifs is 1. The summed E-state index contributed by atoms with van der Waals surface area (Å²) in [5.74, 6) is 1.72. The SMILES string of the molecule is CCCC(=O)NC1CCC(Oc2nc(N3CCOCC3)cc3ncccc23)CC1. The first-order chi connectivity index (χ1) is 14.2. The van der Waals surface area contributed by atoms with Gasteiger partial charge < -0.3 is 19.7 Å². The van der Waals surface area contributed by atoms with Crippen LogP contribution in [0.15, 0.2) is 24.4 Å². The summed E-state index contributed by atoms with van der Waals surface area (Å²) in [6.45, 7) is 5.11. The molecule has 0 unspecified atom stereocenters. The molecule has 2 aromatic heterocycles. The number of amides is 1. The van der Waals surface area contributed by atoms with Gasteiger partial charge in [0.05, 0.1) is 24.1 Å². The molecule has 3 heterocycles. The molecule has 156 valence electrons. The number of nitrogens with one attached hydrogen (secondary N) is 1. The Morgan fingerprint density at radius 2 is 2.07 bits per heavy atom. The van der Waals surface area contributed by atoms with Crippen LogP contribution in [-0.2, 0) is 9.53 Å². The van der Waals surface area contributed by atoms with Crippen molar-refractivity contribution in [1.82, 2.24) is 15.3 Å². The summed E-state index contributed by atoms with van der Waals surface area (Å²) in [6, 6.07) is 6.24. The Bertz CT molecular complexity index is 830. The van der Waals surface area contributed by atoms with Crippen LogP contribution in [0.1, 0.15) is 45.4 Å². The van der Waals surface area contributed by atoms with E-state index in [0.29, 0.717) is 25.5 Å². The van der Waals surface area contributed by atoms with Gasteiger partial charge in [-0.25, -0.2) is 0 Å². The highest BCUT2D eigenvalue weighted by molar-refractivity contribution is 5.85. The summed E-state index contributed by atoms with van der Waals surface area (Å²) >= 11 is 0. The third-order valence-electron chi connectivity index (χ3n) is 5.68. The van der Waals surface area contributed by atoms with Crippen LogP contribution in [0.25, 0.3) is 10.9 Å². The maximum absolute atomic E-state index is 11.8. The number of hydrogen-bond donors (Lipinski definition) is 1. The molecule has 0 spiro atoms. The van der Waals surface area contributed by atoms with E-state index in [1.165, 1.54) is 0 Å². The second-order valence-corrected chi connectivity index (χ2v) is 7.86. The van der Waals surface area contributed by atoms with E-state index in [9.17, 15) is 4.79 Å². The lowest BCUT2D eigenvalue weighted by molar-refractivity contribution is -0.122. The Labute approximate surface area is 171 Å². The lowest BCUT2D eigenvalue weighted by Gasteiger charge is -2.31. The summed E-state index contributed by atoms with van der Waals surface area (Å²) in [6.07, 6.45) is 7.14. The highest BCUT2D eigenvalue weighted by Crippen LogP contribution is 2.30. The molecule has 0 atom stereocenters. The smallest absolute Gasteiger partial charge is 0.225 e. The van der Waals surface area contributed by atoms with Crippen LogP contribution in [0, 0.1) is 0 Å². The van der Waals surface area contributed by atoms with Gasteiger partial charge in [-0.1, -0.05) is 6.92 Å². The standard InChI is InChI=1S/C22H30N4O3/c1-2-4-21(27)24-16-6-8-17(9-7-16)29-22-18-5-3-10-23-19(18)15-20(25-22)26-11-13-28-14-12-26/h3,5,10,15-17H,2,4,6-9,11-14H2,1H3,(H,24,27). The van der Waals surface area contributed by atoms with Crippen molar-refractivity contribution in [3.63, 3.8) is 0 Å². The summed E-state index contributed by atoms with van der Waals surface area (Å²) < 4.78 is 11.8. The van der Waals surface area contributed by atoms with Gasteiger partial charge in [0.1, 0.15) is 11.9 Å². The molecular weight excluding hydrogens is 368 g/mol. The van der Waals surface area contributed by atoms with Crippen molar-refractivity contribution in [2.75, 3.05) is 31.2 Å². The van der Waals surface area contributed by atoms with Gasteiger partial charge in [0.25, 0.3) is 0 Å². The number of hydrogen-bond acceptors (Lipinski definition) is 6. The number of rotatable bonds is 6. The fourth-order valence-electron chi connectivity index (χ4n) is 4.09. The quantitative estimate of drug-likeness (QED) is 0.806. The van der Waals surface area contributed by atoms with E-state index in [0.717, 1.165) is 61.9 Å². The third kappa shape index (κ3) is 4.96. The number of aromatic nitrogens is 2. The molecule has 1 aliphatic carbocycles. The number of anilines is 1. The van der Waals surface area contributed by atoms with E-state index in [4.69, 9.17) is 14.5 Å². The Balaban J connectivity index is 1.45. The second kappa shape index (κ2) is 9.39. The maximum atomic E-state index is 11.8. The van der Waals surface area contributed by atoms with Gasteiger partial charge in [-0.05, 0) is 44.2 Å². The van der Waals surface area contributed by atoms with E-state index < -0.39 is 0 Å². The highest BCUT2D eigenvalue weighted by Gasteiger charge is 2.25. The van der Waals surface area contributed by atoms with Gasteiger partial charge in [-0.15, -0.1) is 0 Å². The second-order valence-electron chi connectivity index (χ2n) is 7.86. The van der Waals surface area contributed by atoms with Gasteiger partial charge in [-0.3, -0.25) is 9.78 Å². The normalized spacial score (nSPS) is 22.4. The van der Waals surface area contributed by atoms with Crippen LogP contribution in [0.2, 0.25) is 0 Å². The molecule has 29 heavy (non-hydrogen) atoms. The molecular formula is C22H30N4O3. The van der Waals surface area contributed by atoms with Crippen LogP contribution >= 0.6 is 0 Å². The molecule has 7 nitrogen and oxygen atoms in total. The zero-order valence-corrected chi connectivity index (χ0v) is 17.1. The summed E-state index contributed by atoms with van der Waals surface area (Å²) in [5, 5.41) is 4.09. The Morgan fingerprint density at radius 3 is 2.83 bits per heavy atom. The average molecular weight is 399 g/mol. The lowest BCUT2D eigenvalue weighted by atomic mass is 9.93. The fourth-order valence-corrected chi connectivity index (χ4v) is 4.09. The minimum absolute atomic E-state index is 0.116. The van der Waals surface area contributed by atoms with Crippen LogP contribution in [0.3, 0.4) is 0 Å². The average Bonchev–Trinajstić information content (AvgIpc) is 2.76. The van der Waals surface area contributed by atoms with E-state index in [-0.39, 0.29) is 18.1 Å². The third-order valence-corrected chi connectivity index (χ3v) is 5.68. The number of pyridine rings is 2. The molecule has 1 amide bonds. The van der Waals surface area contributed by atoms with Crippen molar-refractivity contribution >= 4 is 22.6 Å². The van der Waals surface area contributed by atoms with Crippen LogP contribution in [0.4, 0.5) is 5.82 Å². The molecule has 1 saturated heterocycles.